The lowest BCUT2D eigenvalue weighted by atomic mass is 10.1. The van der Waals surface area contributed by atoms with Gasteiger partial charge in [-0.05, 0) is 0 Å². The summed E-state index contributed by atoms with van der Waals surface area (Å²) in [5.74, 6) is -2.27. The van der Waals surface area contributed by atoms with Crippen LogP contribution in [0.5, 0.6) is 0 Å². The zero-order valence-corrected chi connectivity index (χ0v) is 11.8. The van der Waals surface area contributed by atoms with E-state index in [0.717, 1.165) is 20.8 Å². The lowest BCUT2D eigenvalue weighted by Crippen LogP contribution is -2.45. The second kappa shape index (κ2) is 7.32. The molecule has 0 aliphatic carbocycles. The van der Waals surface area contributed by atoms with E-state index in [2.05, 4.69) is 0 Å². The molecule has 0 radical (unpaired) electrons. The van der Waals surface area contributed by atoms with Crippen molar-refractivity contribution in [1.82, 2.24) is 0 Å². The number of carbonyl (C=O) groups is 3. The van der Waals surface area contributed by atoms with Crippen molar-refractivity contribution in [3.8, 4) is 0 Å². The maximum atomic E-state index is 13.0. The molecule has 1 N–H and O–H groups in total. The summed E-state index contributed by atoms with van der Waals surface area (Å²) in [5.41, 5.74) is 0. The number of rotatable bonds is 5. The minimum absolute atomic E-state index is 0.746. The van der Waals surface area contributed by atoms with Gasteiger partial charge in [0.05, 0.1) is 0 Å². The van der Waals surface area contributed by atoms with Crippen molar-refractivity contribution in [2.45, 2.75) is 51.5 Å². The zero-order valence-electron chi connectivity index (χ0n) is 11.8. The Kier molecular flexibility index (Phi) is 6.03. The number of aliphatic hydroxyl groups is 1. The Balaban J connectivity index is 2.96. The van der Waals surface area contributed by atoms with Crippen LogP contribution in [0.2, 0.25) is 0 Å². The van der Waals surface area contributed by atoms with Crippen molar-refractivity contribution < 1.29 is 42.8 Å². The minimum atomic E-state index is -1.63. The second-order valence-electron chi connectivity index (χ2n) is 4.44. The first kappa shape index (κ1) is 17.3. The molecule has 120 valence electrons. The highest BCUT2D eigenvalue weighted by Gasteiger charge is 2.52. The SMILES string of the molecule is CC(=O)O[C@@H]1[C@@H](OC(C)=O)[C@H](O)O[C@H]1[C@@H](CF)OC(C)=O. The monoisotopic (exact) mass is 308 g/mol. The van der Waals surface area contributed by atoms with Crippen molar-refractivity contribution in [3.63, 3.8) is 0 Å². The van der Waals surface area contributed by atoms with Gasteiger partial charge in [-0.15, -0.1) is 0 Å². The van der Waals surface area contributed by atoms with Gasteiger partial charge in [0.2, 0.25) is 0 Å². The predicted octanol–water partition coefficient (Wildman–Crippen LogP) is -0.532. The van der Waals surface area contributed by atoms with Gasteiger partial charge in [-0.1, -0.05) is 0 Å². The highest BCUT2D eigenvalue weighted by atomic mass is 19.1. The molecule has 21 heavy (non-hydrogen) atoms. The van der Waals surface area contributed by atoms with Crippen LogP contribution in [0.25, 0.3) is 0 Å². The number of carbonyl (C=O) groups excluding carboxylic acids is 3. The van der Waals surface area contributed by atoms with Crippen molar-refractivity contribution in [3.05, 3.63) is 0 Å². The van der Waals surface area contributed by atoms with Crippen LogP contribution in [0.1, 0.15) is 20.8 Å². The van der Waals surface area contributed by atoms with E-state index in [1.165, 1.54) is 0 Å². The Morgan fingerprint density at radius 2 is 1.62 bits per heavy atom. The summed E-state index contributed by atoms with van der Waals surface area (Å²) in [6.07, 6.45) is -6.94. The van der Waals surface area contributed by atoms with Crippen LogP contribution >= 0.6 is 0 Å². The molecule has 0 unspecified atom stereocenters. The number of hydrogen-bond acceptors (Lipinski definition) is 8. The largest absolute Gasteiger partial charge is 0.457 e. The molecule has 0 aromatic heterocycles. The highest BCUT2D eigenvalue weighted by molar-refractivity contribution is 5.68. The fourth-order valence-electron chi connectivity index (χ4n) is 2.01. The van der Waals surface area contributed by atoms with Crippen LogP contribution in [0.15, 0.2) is 0 Å². The van der Waals surface area contributed by atoms with Gasteiger partial charge in [-0.2, -0.15) is 0 Å². The van der Waals surface area contributed by atoms with Crippen molar-refractivity contribution in [1.29, 1.82) is 0 Å². The van der Waals surface area contributed by atoms with Gasteiger partial charge >= 0.3 is 17.9 Å². The first-order valence-corrected chi connectivity index (χ1v) is 6.17. The van der Waals surface area contributed by atoms with E-state index < -0.39 is 55.3 Å². The average Bonchev–Trinajstić information content (AvgIpc) is 2.63. The van der Waals surface area contributed by atoms with Crippen LogP contribution in [0.3, 0.4) is 0 Å². The Bertz CT molecular complexity index is 412. The molecule has 0 aromatic carbocycles. The number of halogens is 1. The summed E-state index contributed by atoms with van der Waals surface area (Å²) < 4.78 is 32.5. The summed E-state index contributed by atoms with van der Waals surface area (Å²) in [6.45, 7) is 2.12. The molecule has 1 aliphatic rings. The number of alkyl halides is 1. The van der Waals surface area contributed by atoms with E-state index in [4.69, 9.17) is 18.9 Å². The standard InChI is InChI=1S/C12H17FO8/c1-5(14)18-8(4-13)9-10(19-6(2)15)11(12(17)21-9)20-7(3)16/h8-12,17H,4H2,1-3H3/t8-,9+,10+,11-,12-/m1/s1. The quantitative estimate of drug-likeness (QED) is 0.533. The smallest absolute Gasteiger partial charge is 0.303 e. The minimum Gasteiger partial charge on any atom is -0.457 e. The predicted molar refractivity (Wildman–Crippen MR) is 63.5 cm³/mol. The first-order chi connectivity index (χ1) is 9.76. The second-order valence-corrected chi connectivity index (χ2v) is 4.44. The van der Waals surface area contributed by atoms with Gasteiger partial charge in [0, 0.05) is 20.8 Å². The van der Waals surface area contributed by atoms with Crippen molar-refractivity contribution in [2.24, 2.45) is 0 Å². The average molecular weight is 308 g/mol. The van der Waals surface area contributed by atoms with Crippen molar-refractivity contribution in [2.75, 3.05) is 6.67 Å². The van der Waals surface area contributed by atoms with Crippen LogP contribution < -0.4 is 0 Å². The molecule has 0 amide bonds. The van der Waals surface area contributed by atoms with E-state index in [1.807, 2.05) is 0 Å². The Morgan fingerprint density at radius 1 is 1.10 bits per heavy atom. The summed E-state index contributed by atoms with van der Waals surface area (Å²) in [7, 11) is 0. The summed E-state index contributed by atoms with van der Waals surface area (Å²) in [5, 5.41) is 9.72. The molecule has 8 nitrogen and oxygen atoms in total. The Hall–Kier alpha value is -1.74. The number of hydrogen-bond donors (Lipinski definition) is 1. The molecule has 0 spiro atoms. The van der Waals surface area contributed by atoms with Gasteiger partial charge < -0.3 is 24.1 Å². The maximum Gasteiger partial charge on any atom is 0.303 e. The van der Waals surface area contributed by atoms with Gasteiger partial charge in [-0.25, -0.2) is 4.39 Å². The summed E-state index contributed by atoms with van der Waals surface area (Å²) >= 11 is 0. The molecule has 1 aliphatic heterocycles. The molecule has 1 fully saturated rings. The lowest BCUT2D eigenvalue weighted by Gasteiger charge is -2.26. The molecule has 9 heteroatoms. The van der Waals surface area contributed by atoms with E-state index in [0.29, 0.717) is 0 Å². The third-order valence-electron chi connectivity index (χ3n) is 2.67. The number of esters is 3. The highest BCUT2D eigenvalue weighted by Crippen LogP contribution is 2.29. The number of ether oxygens (including phenoxy) is 4. The third-order valence-corrected chi connectivity index (χ3v) is 2.67. The molecule has 0 bridgehead atoms. The van der Waals surface area contributed by atoms with Crippen LogP contribution in [0, 0.1) is 0 Å². The van der Waals surface area contributed by atoms with Crippen LogP contribution in [-0.4, -0.2) is 60.4 Å². The normalized spacial score (nSPS) is 29.6. The molecule has 0 saturated carbocycles. The van der Waals surface area contributed by atoms with E-state index in [9.17, 15) is 23.9 Å². The van der Waals surface area contributed by atoms with Gasteiger partial charge in [-0.3, -0.25) is 14.4 Å². The first-order valence-electron chi connectivity index (χ1n) is 6.17. The van der Waals surface area contributed by atoms with E-state index in [1.54, 1.807) is 0 Å². The van der Waals surface area contributed by atoms with Crippen molar-refractivity contribution >= 4 is 17.9 Å². The fraction of sp³-hybridized carbons (Fsp3) is 0.750. The molecule has 1 rings (SSSR count). The number of aliphatic hydroxyl groups excluding tert-OH is 1. The Labute approximate surface area is 120 Å². The van der Waals surface area contributed by atoms with Gasteiger partial charge in [0.1, 0.15) is 12.8 Å². The van der Waals surface area contributed by atoms with E-state index >= 15 is 0 Å². The fourth-order valence-corrected chi connectivity index (χ4v) is 2.01. The van der Waals surface area contributed by atoms with Crippen LogP contribution in [0.4, 0.5) is 4.39 Å². The summed E-state index contributed by atoms with van der Waals surface area (Å²) in [6, 6.07) is 0. The van der Waals surface area contributed by atoms with Gasteiger partial charge in [0.15, 0.2) is 24.6 Å². The molecule has 1 heterocycles. The Morgan fingerprint density at radius 3 is 2.05 bits per heavy atom. The molecule has 5 atom stereocenters. The van der Waals surface area contributed by atoms with Crippen LogP contribution in [-0.2, 0) is 33.3 Å². The molecule has 1 saturated heterocycles. The lowest BCUT2D eigenvalue weighted by molar-refractivity contribution is -0.178. The third kappa shape index (κ3) is 4.64. The molecular weight excluding hydrogens is 291 g/mol. The van der Waals surface area contributed by atoms with E-state index in [-0.39, 0.29) is 0 Å². The topological polar surface area (TPSA) is 108 Å². The van der Waals surface area contributed by atoms with Gasteiger partial charge in [0.25, 0.3) is 0 Å². The summed E-state index contributed by atoms with van der Waals surface area (Å²) in [4.78, 5) is 33.1. The molecular formula is C12H17FO8. The zero-order chi connectivity index (χ0) is 16.2. The maximum absolute atomic E-state index is 13.0. The molecule has 0 aromatic rings.